The Bertz CT molecular complexity index is 1110. The van der Waals surface area contributed by atoms with E-state index in [1.54, 1.807) is 13.0 Å². The van der Waals surface area contributed by atoms with Crippen LogP contribution in [0.4, 0.5) is 22.0 Å². The lowest BCUT2D eigenvalue weighted by Gasteiger charge is -2.55. The number of aromatic nitrogens is 1. The van der Waals surface area contributed by atoms with Gasteiger partial charge in [0, 0.05) is 24.2 Å². The lowest BCUT2D eigenvalue weighted by Crippen LogP contribution is -2.69. The molecule has 5 rings (SSSR count). The Morgan fingerprint density at radius 2 is 1.83 bits per heavy atom. The molecule has 6 nitrogen and oxygen atoms in total. The van der Waals surface area contributed by atoms with Crippen LogP contribution in [0.3, 0.4) is 0 Å². The maximum atomic E-state index is 15.3. The highest BCUT2D eigenvalue weighted by atomic mass is 19.4. The highest BCUT2D eigenvalue weighted by Crippen LogP contribution is 2.48. The average Bonchev–Trinajstić information content (AvgIpc) is 2.80. The van der Waals surface area contributed by atoms with Crippen molar-refractivity contribution in [3.05, 3.63) is 59.2 Å². The molecule has 0 spiro atoms. The lowest BCUT2D eigenvalue weighted by molar-refractivity contribution is -0.141. The molecule has 1 unspecified atom stereocenters. The van der Waals surface area contributed by atoms with Gasteiger partial charge in [-0.15, -0.1) is 0 Å². The fourth-order valence-corrected chi connectivity index (χ4v) is 4.75. The van der Waals surface area contributed by atoms with E-state index in [1.807, 2.05) is 0 Å². The molecule has 3 aliphatic rings. The van der Waals surface area contributed by atoms with Gasteiger partial charge >= 0.3 is 6.18 Å². The van der Waals surface area contributed by atoms with Gasteiger partial charge in [-0.1, -0.05) is 6.07 Å². The SMILES string of the molecule is Cc1ccc(OCC(=O)NC23CCC(NC(=O)c4ccc(C(F)(F)F)nc4)(CC2)C(F)C3)cc1F. The molecule has 1 aromatic carbocycles. The first kappa shape index (κ1) is 24.9. The first-order chi connectivity index (χ1) is 16.4. The number of carbonyl (C=O) groups is 2. The number of hydrogen-bond acceptors (Lipinski definition) is 4. The van der Waals surface area contributed by atoms with Crippen LogP contribution in [0.1, 0.15) is 53.7 Å². The third-order valence-electron chi connectivity index (χ3n) is 6.87. The number of alkyl halides is 4. The number of halogens is 5. The smallest absolute Gasteiger partial charge is 0.433 e. The van der Waals surface area contributed by atoms with Crippen LogP contribution in [0.5, 0.6) is 5.75 Å². The predicted molar refractivity (Wildman–Crippen MR) is 115 cm³/mol. The molecule has 0 radical (unpaired) electrons. The van der Waals surface area contributed by atoms with Gasteiger partial charge in [0.05, 0.1) is 11.1 Å². The van der Waals surface area contributed by atoms with Gasteiger partial charge in [0.25, 0.3) is 11.8 Å². The van der Waals surface area contributed by atoms with Crippen molar-refractivity contribution in [2.75, 3.05) is 6.61 Å². The Labute approximate surface area is 198 Å². The summed E-state index contributed by atoms with van der Waals surface area (Å²) in [4.78, 5) is 28.3. The molecule has 2 bridgehead atoms. The molecule has 188 valence electrons. The Morgan fingerprint density at radius 1 is 1.11 bits per heavy atom. The van der Waals surface area contributed by atoms with Crippen LogP contribution in [-0.4, -0.2) is 40.7 Å². The Hall–Kier alpha value is -3.24. The fraction of sp³-hybridized carbons (Fsp3) is 0.458. The molecule has 2 N–H and O–H groups in total. The second-order valence-corrected chi connectivity index (χ2v) is 9.24. The third kappa shape index (κ3) is 5.23. The number of amides is 2. The van der Waals surface area contributed by atoms with Crippen LogP contribution in [0, 0.1) is 12.7 Å². The van der Waals surface area contributed by atoms with E-state index in [1.165, 1.54) is 12.1 Å². The molecule has 1 aromatic heterocycles. The van der Waals surface area contributed by atoms with Crippen LogP contribution >= 0.6 is 0 Å². The van der Waals surface area contributed by atoms with E-state index in [-0.39, 0.29) is 37.2 Å². The maximum Gasteiger partial charge on any atom is 0.433 e. The number of carbonyl (C=O) groups excluding carboxylic acids is 2. The van der Waals surface area contributed by atoms with Crippen molar-refractivity contribution in [1.82, 2.24) is 15.6 Å². The predicted octanol–water partition coefficient (Wildman–Crippen LogP) is 4.27. The van der Waals surface area contributed by atoms with Gasteiger partial charge in [-0.25, -0.2) is 8.78 Å². The molecular weight excluding hydrogens is 473 g/mol. The molecule has 11 heteroatoms. The summed E-state index contributed by atoms with van der Waals surface area (Å²) in [6.07, 6.45) is -3.99. The number of hydrogen-bond donors (Lipinski definition) is 2. The van der Waals surface area contributed by atoms with Gasteiger partial charge in [-0.3, -0.25) is 14.6 Å². The van der Waals surface area contributed by atoms with E-state index < -0.39 is 46.8 Å². The second-order valence-electron chi connectivity index (χ2n) is 9.24. The second kappa shape index (κ2) is 9.09. The van der Waals surface area contributed by atoms with Crippen molar-refractivity contribution in [2.45, 2.75) is 62.5 Å². The summed E-state index contributed by atoms with van der Waals surface area (Å²) < 4.78 is 72.3. The number of nitrogens with one attached hydrogen (secondary N) is 2. The van der Waals surface area contributed by atoms with Crippen LogP contribution < -0.4 is 15.4 Å². The highest BCUT2D eigenvalue weighted by molar-refractivity contribution is 5.94. The van der Waals surface area contributed by atoms with E-state index >= 15 is 4.39 Å². The van der Waals surface area contributed by atoms with Crippen molar-refractivity contribution in [3.63, 3.8) is 0 Å². The fourth-order valence-electron chi connectivity index (χ4n) is 4.75. The molecule has 0 saturated heterocycles. The molecule has 2 aromatic rings. The summed E-state index contributed by atoms with van der Waals surface area (Å²) in [7, 11) is 0. The summed E-state index contributed by atoms with van der Waals surface area (Å²) in [6, 6.07) is 5.97. The summed E-state index contributed by atoms with van der Waals surface area (Å²) in [5.41, 5.74) is -2.73. The molecule has 0 aliphatic heterocycles. The molecule has 2 amide bonds. The summed E-state index contributed by atoms with van der Waals surface area (Å²) in [5, 5.41) is 5.51. The van der Waals surface area contributed by atoms with Gasteiger partial charge in [0.1, 0.15) is 23.4 Å². The molecule has 1 atom stereocenters. The standard InChI is InChI=1S/C24H24F5N3O3/c1-14-2-4-16(10-17(14)25)35-13-20(33)31-22-6-8-23(9-7-22,18(26)11-22)32-21(34)15-3-5-19(30-12-15)24(27,28)29/h2-5,10,12,18H,6-9,11,13H2,1H3,(H,31,33)(H,32,34). The highest BCUT2D eigenvalue weighted by Gasteiger charge is 2.56. The van der Waals surface area contributed by atoms with Crippen molar-refractivity contribution < 1.29 is 36.3 Å². The van der Waals surface area contributed by atoms with Gasteiger partial charge < -0.3 is 15.4 Å². The third-order valence-corrected chi connectivity index (χ3v) is 6.87. The van der Waals surface area contributed by atoms with Crippen molar-refractivity contribution >= 4 is 11.8 Å². The maximum absolute atomic E-state index is 15.3. The minimum atomic E-state index is -4.63. The first-order valence-corrected chi connectivity index (χ1v) is 11.1. The van der Waals surface area contributed by atoms with Gasteiger partial charge in [-0.2, -0.15) is 13.2 Å². The lowest BCUT2D eigenvalue weighted by atomic mass is 9.60. The van der Waals surface area contributed by atoms with Crippen LogP contribution in [0.15, 0.2) is 36.5 Å². The zero-order valence-corrected chi connectivity index (χ0v) is 18.8. The van der Waals surface area contributed by atoms with E-state index in [4.69, 9.17) is 4.74 Å². The summed E-state index contributed by atoms with van der Waals surface area (Å²) >= 11 is 0. The van der Waals surface area contributed by atoms with Crippen molar-refractivity contribution in [3.8, 4) is 5.75 Å². The monoisotopic (exact) mass is 497 g/mol. The van der Waals surface area contributed by atoms with Crippen LogP contribution in [0.2, 0.25) is 0 Å². The quantitative estimate of drug-likeness (QED) is 0.585. The topological polar surface area (TPSA) is 80.3 Å². The zero-order valence-electron chi connectivity index (χ0n) is 18.8. The largest absolute Gasteiger partial charge is 0.484 e. The molecule has 35 heavy (non-hydrogen) atoms. The molecule has 3 saturated carbocycles. The average molecular weight is 497 g/mol. The van der Waals surface area contributed by atoms with E-state index in [0.717, 1.165) is 12.3 Å². The minimum Gasteiger partial charge on any atom is -0.484 e. The van der Waals surface area contributed by atoms with Gasteiger partial charge in [-0.05, 0) is 56.4 Å². The summed E-state index contributed by atoms with van der Waals surface area (Å²) in [5.74, 6) is -1.42. The Kier molecular flexibility index (Phi) is 6.46. The van der Waals surface area contributed by atoms with E-state index in [9.17, 15) is 27.2 Å². The van der Waals surface area contributed by atoms with Crippen molar-refractivity contribution in [1.29, 1.82) is 0 Å². The Balaban J connectivity index is 1.34. The number of aryl methyl sites for hydroxylation is 1. The summed E-state index contributed by atoms with van der Waals surface area (Å²) in [6.45, 7) is 1.25. The Morgan fingerprint density at radius 3 is 2.40 bits per heavy atom. The normalized spacial score (nSPS) is 25.7. The molecule has 1 heterocycles. The minimum absolute atomic E-state index is 0.0244. The number of ether oxygens (including phenoxy) is 1. The van der Waals surface area contributed by atoms with Crippen LogP contribution in [0.25, 0.3) is 0 Å². The van der Waals surface area contributed by atoms with Crippen molar-refractivity contribution in [2.24, 2.45) is 0 Å². The van der Waals surface area contributed by atoms with Gasteiger partial charge in [0.2, 0.25) is 0 Å². The molecule has 3 aliphatic carbocycles. The number of pyridine rings is 1. The van der Waals surface area contributed by atoms with E-state index in [2.05, 4.69) is 15.6 Å². The molecular formula is C24H24F5N3O3. The van der Waals surface area contributed by atoms with Gasteiger partial charge in [0.15, 0.2) is 6.61 Å². The van der Waals surface area contributed by atoms with Crippen LogP contribution in [-0.2, 0) is 11.0 Å². The number of rotatable bonds is 6. The number of fused-ring (bicyclic) bond motifs is 3. The number of benzene rings is 1. The molecule has 3 fully saturated rings. The number of nitrogens with zero attached hydrogens (tertiary/aromatic N) is 1. The first-order valence-electron chi connectivity index (χ1n) is 11.1. The zero-order chi connectivity index (χ0) is 25.4. The van der Waals surface area contributed by atoms with E-state index in [0.29, 0.717) is 24.5 Å².